The molecule has 0 aliphatic carbocycles. The molecule has 0 radical (unpaired) electrons. The summed E-state index contributed by atoms with van der Waals surface area (Å²) in [6.07, 6.45) is 3.73. The summed E-state index contributed by atoms with van der Waals surface area (Å²) in [7, 11) is 0. The van der Waals surface area contributed by atoms with Gasteiger partial charge in [0.1, 0.15) is 0 Å². The van der Waals surface area contributed by atoms with Crippen LogP contribution >= 0.6 is 0 Å². The molecular weight excluding hydrogens is 134 g/mol. The fourth-order valence-corrected chi connectivity index (χ4v) is 1.87. The smallest absolute Gasteiger partial charge is 0.00206 e. The Morgan fingerprint density at radius 2 is 1.64 bits per heavy atom. The molecule has 0 saturated carbocycles. The summed E-state index contributed by atoms with van der Waals surface area (Å²) in [6, 6.07) is 0. The molecule has 1 nitrogen and oxygen atoms in total. The molecule has 0 fully saturated rings. The predicted octanol–water partition coefficient (Wildman–Crippen LogP) is 2.80. The molecule has 0 rings (SSSR count). The fraction of sp³-hybridized carbons (Fsp3) is 1.00. The second-order valence-electron chi connectivity index (χ2n) is 3.73. The minimum absolute atomic E-state index is 0.378. The first-order valence-corrected chi connectivity index (χ1v) is 4.84. The summed E-state index contributed by atoms with van der Waals surface area (Å²) in [5.74, 6) is 0.803. The summed E-state index contributed by atoms with van der Waals surface area (Å²) < 4.78 is 0. The molecule has 0 aromatic heterocycles. The van der Waals surface area contributed by atoms with Crippen LogP contribution in [0, 0.1) is 11.3 Å². The molecule has 0 heterocycles. The predicted molar refractivity (Wildman–Crippen MR) is 51.5 cm³/mol. The Morgan fingerprint density at radius 3 is 1.73 bits per heavy atom. The van der Waals surface area contributed by atoms with E-state index in [4.69, 9.17) is 5.73 Å². The van der Waals surface area contributed by atoms with Crippen LogP contribution in [-0.2, 0) is 0 Å². The molecule has 68 valence electrons. The van der Waals surface area contributed by atoms with Gasteiger partial charge in [0.05, 0.1) is 0 Å². The highest BCUT2D eigenvalue weighted by molar-refractivity contribution is 4.80. The van der Waals surface area contributed by atoms with E-state index in [1.165, 1.54) is 19.3 Å². The van der Waals surface area contributed by atoms with Crippen LogP contribution in [0.4, 0.5) is 0 Å². The van der Waals surface area contributed by atoms with Gasteiger partial charge in [0.15, 0.2) is 0 Å². The molecule has 0 aliphatic rings. The zero-order valence-corrected chi connectivity index (χ0v) is 8.48. The van der Waals surface area contributed by atoms with Crippen molar-refractivity contribution < 1.29 is 0 Å². The van der Waals surface area contributed by atoms with Gasteiger partial charge < -0.3 is 5.73 Å². The van der Waals surface area contributed by atoms with E-state index in [1.54, 1.807) is 0 Å². The topological polar surface area (TPSA) is 26.0 Å². The molecule has 1 atom stereocenters. The maximum Gasteiger partial charge on any atom is -0.00206 e. The van der Waals surface area contributed by atoms with Gasteiger partial charge in [0.2, 0.25) is 0 Å². The van der Waals surface area contributed by atoms with E-state index in [9.17, 15) is 0 Å². The zero-order valence-electron chi connectivity index (χ0n) is 8.48. The molecule has 0 aromatic carbocycles. The van der Waals surface area contributed by atoms with E-state index in [1.807, 2.05) is 0 Å². The van der Waals surface area contributed by atoms with Crippen LogP contribution in [0.1, 0.15) is 47.0 Å². The summed E-state index contributed by atoms with van der Waals surface area (Å²) in [5.41, 5.74) is 6.15. The first-order valence-electron chi connectivity index (χ1n) is 4.84. The Labute approximate surface area is 71.4 Å². The largest absolute Gasteiger partial charge is 0.330 e. The molecule has 0 spiro atoms. The highest BCUT2D eigenvalue weighted by atomic mass is 14.6. The van der Waals surface area contributed by atoms with Crippen LogP contribution in [0.3, 0.4) is 0 Å². The highest BCUT2D eigenvalue weighted by Gasteiger charge is 2.28. The van der Waals surface area contributed by atoms with E-state index in [-0.39, 0.29) is 0 Å². The first-order chi connectivity index (χ1) is 5.14. The van der Waals surface area contributed by atoms with E-state index in [0.29, 0.717) is 5.41 Å². The van der Waals surface area contributed by atoms with Crippen LogP contribution in [0.25, 0.3) is 0 Å². The quantitative estimate of drug-likeness (QED) is 0.652. The molecule has 1 unspecified atom stereocenters. The van der Waals surface area contributed by atoms with E-state index < -0.39 is 0 Å². The van der Waals surface area contributed by atoms with Crippen molar-refractivity contribution in [3.8, 4) is 0 Å². The summed E-state index contributed by atoms with van der Waals surface area (Å²) in [6.45, 7) is 9.90. The molecule has 0 aliphatic heterocycles. The van der Waals surface area contributed by atoms with Crippen molar-refractivity contribution in [1.82, 2.24) is 0 Å². The normalized spacial score (nSPS) is 16.9. The fourth-order valence-electron chi connectivity index (χ4n) is 1.87. The van der Waals surface area contributed by atoms with E-state index >= 15 is 0 Å². The monoisotopic (exact) mass is 157 g/mol. The molecule has 0 bridgehead atoms. The number of rotatable bonds is 5. The third-order valence-corrected chi connectivity index (χ3v) is 3.25. The SMILES string of the molecule is CCC(CC)C(C)(CC)CN. The zero-order chi connectivity index (χ0) is 8.91. The molecule has 1 heteroatoms. The summed E-state index contributed by atoms with van der Waals surface area (Å²) >= 11 is 0. The Balaban J connectivity index is 4.19. The van der Waals surface area contributed by atoms with Crippen molar-refractivity contribution in [3.63, 3.8) is 0 Å². The molecule has 11 heavy (non-hydrogen) atoms. The lowest BCUT2D eigenvalue weighted by Crippen LogP contribution is -2.34. The van der Waals surface area contributed by atoms with Crippen LogP contribution in [-0.4, -0.2) is 6.54 Å². The number of hydrogen-bond acceptors (Lipinski definition) is 1. The Morgan fingerprint density at radius 1 is 1.18 bits per heavy atom. The second kappa shape index (κ2) is 4.76. The van der Waals surface area contributed by atoms with Gasteiger partial charge in [-0.3, -0.25) is 0 Å². The Hall–Kier alpha value is -0.0400. The summed E-state index contributed by atoms with van der Waals surface area (Å²) in [4.78, 5) is 0. The molecule has 0 amide bonds. The third kappa shape index (κ3) is 2.48. The standard InChI is InChI=1S/C10H23N/c1-5-9(6-2)10(4,7-3)8-11/h9H,5-8,11H2,1-4H3. The van der Waals surface area contributed by atoms with Crippen LogP contribution < -0.4 is 5.73 Å². The number of nitrogens with two attached hydrogens (primary N) is 1. The minimum atomic E-state index is 0.378. The number of hydrogen-bond donors (Lipinski definition) is 1. The first kappa shape index (κ1) is 11.0. The van der Waals surface area contributed by atoms with Crippen LogP contribution in [0.2, 0.25) is 0 Å². The maximum absolute atomic E-state index is 5.77. The van der Waals surface area contributed by atoms with Crippen molar-refractivity contribution in [3.05, 3.63) is 0 Å². The molecule has 0 saturated heterocycles. The maximum atomic E-state index is 5.77. The van der Waals surface area contributed by atoms with Crippen LogP contribution in [0.5, 0.6) is 0 Å². The van der Waals surface area contributed by atoms with Gasteiger partial charge in [-0.05, 0) is 24.3 Å². The van der Waals surface area contributed by atoms with Crippen molar-refractivity contribution >= 4 is 0 Å². The lowest BCUT2D eigenvalue weighted by atomic mass is 9.72. The summed E-state index contributed by atoms with van der Waals surface area (Å²) in [5, 5.41) is 0. The van der Waals surface area contributed by atoms with Gasteiger partial charge in [-0.15, -0.1) is 0 Å². The third-order valence-electron chi connectivity index (χ3n) is 3.25. The van der Waals surface area contributed by atoms with Gasteiger partial charge in [-0.1, -0.05) is 40.5 Å². The lowest BCUT2D eigenvalue weighted by molar-refractivity contribution is 0.175. The van der Waals surface area contributed by atoms with Crippen molar-refractivity contribution in [2.45, 2.75) is 47.0 Å². The second-order valence-corrected chi connectivity index (χ2v) is 3.73. The van der Waals surface area contributed by atoms with E-state index in [2.05, 4.69) is 27.7 Å². The molecular formula is C10H23N. The lowest BCUT2D eigenvalue weighted by Gasteiger charge is -2.34. The molecule has 2 N–H and O–H groups in total. The van der Waals surface area contributed by atoms with Gasteiger partial charge in [0.25, 0.3) is 0 Å². The van der Waals surface area contributed by atoms with Gasteiger partial charge in [0, 0.05) is 0 Å². The van der Waals surface area contributed by atoms with Crippen molar-refractivity contribution in [1.29, 1.82) is 0 Å². The van der Waals surface area contributed by atoms with Crippen molar-refractivity contribution in [2.24, 2.45) is 17.1 Å². The average Bonchev–Trinajstić information content (AvgIpc) is 2.06. The van der Waals surface area contributed by atoms with Crippen LogP contribution in [0.15, 0.2) is 0 Å². The van der Waals surface area contributed by atoms with E-state index in [0.717, 1.165) is 12.5 Å². The van der Waals surface area contributed by atoms with Crippen molar-refractivity contribution in [2.75, 3.05) is 6.54 Å². The average molecular weight is 157 g/mol. The Kier molecular flexibility index (Phi) is 4.74. The van der Waals surface area contributed by atoms with Gasteiger partial charge >= 0.3 is 0 Å². The highest BCUT2D eigenvalue weighted by Crippen LogP contribution is 2.34. The van der Waals surface area contributed by atoms with Gasteiger partial charge in [-0.25, -0.2) is 0 Å². The minimum Gasteiger partial charge on any atom is -0.330 e. The molecule has 0 aromatic rings. The van der Waals surface area contributed by atoms with Gasteiger partial charge in [-0.2, -0.15) is 0 Å². The Bertz CT molecular complexity index is 91.0.